The number of anilines is 1. The van der Waals surface area contributed by atoms with Gasteiger partial charge < -0.3 is 14.5 Å². The lowest BCUT2D eigenvalue weighted by Crippen LogP contribution is -2.11. The summed E-state index contributed by atoms with van der Waals surface area (Å²) in [7, 11) is 0. The number of halogens is 5. The standard InChI is InChI=1S/C24H14Cl5NO3S/c25-18-19(26)21(28)23(22(29)20(18)27)32-12-13-10-11-16(33-13)24(31)30-15-8-4-5-9-17(15)34-14-6-2-1-3-7-14/h1-11H,12H2,(H,30,31). The molecule has 0 aliphatic carbocycles. The smallest absolute Gasteiger partial charge is 0.291 e. The summed E-state index contributed by atoms with van der Waals surface area (Å²) in [5.74, 6) is 0.145. The Kier molecular flexibility index (Phi) is 8.25. The van der Waals surface area contributed by atoms with Crippen LogP contribution in [0.4, 0.5) is 5.69 Å². The van der Waals surface area contributed by atoms with Crippen LogP contribution in [0.15, 0.2) is 80.9 Å². The van der Waals surface area contributed by atoms with E-state index < -0.39 is 5.91 Å². The molecular formula is C24H14Cl5NO3S. The first-order chi connectivity index (χ1) is 16.3. The van der Waals surface area contributed by atoms with Gasteiger partial charge in [-0.25, -0.2) is 0 Å². The zero-order chi connectivity index (χ0) is 24.2. The molecule has 0 saturated carbocycles. The van der Waals surface area contributed by atoms with Crippen molar-refractivity contribution in [2.45, 2.75) is 16.4 Å². The second kappa shape index (κ2) is 11.2. The topological polar surface area (TPSA) is 51.5 Å². The molecule has 0 fully saturated rings. The molecule has 10 heteroatoms. The van der Waals surface area contributed by atoms with E-state index in [2.05, 4.69) is 5.32 Å². The number of nitrogens with one attached hydrogen (secondary N) is 1. The Morgan fingerprint density at radius 2 is 1.41 bits per heavy atom. The van der Waals surface area contributed by atoms with Gasteiger partial charge in [0, 0.05) is 9.79 Å². The minimum atomic E-state index is -0.402. The molecule has 174 valence electrons. The Bertz CT molecular complexity index is 1310. The van der Waals surface area contributed by atoms with Gasteiger partial charge in [0.2, 0.25) is 0 Å². The highest BCUT2D eigenvalue weighted by Gasteiger charge is 2.21. The number of ether oxygens (including phenoxy) is 1. The zero-order valence-electron chi connectivity index (χ0n) is 17.1. The number of hydrogen-bond acceptors (Lipinski definition) is 4. The predicted octanol–water partition coefficient (Wildman–Crippen LogP) is 9.53. The van der Waals surface area contributed by atoms with Crippen LogP contribution in [-0.2, 0) is 6.61 Å². The summed E-state index contributed by atoms with van der Waals surface area (Å²) in [6.45, 7) is -0.0680. The van der Waals surface area contributed by atoms with Crippen LogP contribution in [0, 0.1) is 0 Å². The van der Waals surface area contributed by atoms with Crippen LogP contribution in [0.2, 0.25) is 25.1 Å². The van der Waals surface area contributed by atoms with E-state index in [1.54, 1.807) is 23.9 Å². The van der Waals surface area contributed by atoms with E-state index in [0.29, 0.717) is 11.4 Å². The van der Waals surface area contributed by atoms with Gasteiger partial charge in [0.05, 0.1) is 20.8 Å². The first-order valence-corrected chi connectivity index (χ1v) is 12.4. The van der Waals surface area contributed by atoms with Gasteiger partial charge in [-0.1, -0.05) is 100 Å². The number of para-hydroxylation sites is 1. The van der Waals surface area contributed by atoms with Gasteiger partial charge in [-0.2, -0.15) is 0 Å². The number of amides is 1. The van der Waals surface area contributed by atoms with E-state index in [4.69, 9.17) is 67.2 Å². The summed E-state index contributed by atoms with van der Waals surface area (Å²) in [5.41, 5.74) is 0.666. The third-order valence-corrected chi connectivity index (χ3v) is 7.85. The normalized spacial score (nSPS) is 10.9. The fourth-order valence-corrected chi connectivity index (χ4v) is 5.04. The molecule has 0 aliphatic rings. The Hall–Kier alpha value is -1.99. The number of hydrogen-bond donors (Lipinski definition) is 1. The van der Waals surface area contributed by atoms with Gasteiger partial charge in [0.15, 0.2) is 11.5 Å². The maximum atomic E-state index is 12.8. The number of rotatable bonds is 7. The maximum Gasteiger partial charge on any atom is 0.291 e. The highest BCUT2D eigenvalue weighted by atomic mass is 35.5. The van der Waals surface area contributed by atoms with Crippen LogP contribution < -0.4 is 10.1 Å². The zero-order valence-corrected chi connectivity index (χ0v) is 21.7. The molecule has 1 heterocycles. The second-order valence-electron chi connectivity index (χ2n) is 6.82. The highest BCUT2D eigenvalue weighted by molar-refractivity contribution is 7.99. The molecule has 34 heavy (non-hydrogen) atoms. The molecule has 0 radical (unpaired) electrons. The molecule has 3 aromatic carbocycles. The van der Waals surface area contributed by atoms with E-state index in [9.17, 15) is 4.79 Å². The summed E-state index contributed by atoms with van der Waals surface area (Å²) in [6, 6.07) is 20.6. The van der Waals surface area contributed by atoms with E-state index in [0.717, 1.165) is 9.79 Å². The fourth-order valence-electron chi connectivity index (χ4n) is 2.89. The molecule has 0 bridgehead atoms. The molecule has 4 aromatic rings. The molecule has 0 saturated heterocycles. The SMILES string of the molecule is O=C(Nc1ccccc1Sc1ccccc1)c1ccc(COc2c(Cl)c(Cl)c(Cl)c(Cl)c2Cl)o1. The van der Waals surface area contributed by atoms with Gasteiger partial charge in [-0.05, 0) is 36.4 Å². The third kappa shape index (κ3) is 5.62. The lowest BCUT2D eigenvalue weighted by molar-refractivity contribution is 0.0992. The monoisotopic (exact) mass is 571 g/mol. The number of carbonyl (C=O) groups excluding carboxylic acids is 1. The van der Waals surface area contributed by atoms with Crippen molar-refractivity contribution in [3.05, 3.63) is 103 Å². The molecule has 0 aliphatic heterocycles. The Morgan fingerprint density at radius 3 is 2.12 bits per heavy atom. The first kappa shape index (κ1) is 25.1. The van der Waals surface area contributed by atoms with Crippen molar-refractivity contribution in [1.82, 2.24) is 0 Å². The van der Waals surface area contributed by atoms with Crippen molar-refractivity contribution in [3.8, 4) is 5.75 Å². The average molecular weight is 574 g/mol. The minimum absolute atomic E-state index is 0.0260. The van der Waals surface area contributed by atoms with Crippen molar-refractivity contribution in [3.63, 3.8) is 0 Å². The quantitative estimate of drug-likeness (QED) is 0.177. The van der Waals surface area contributed by atoms with Crippen LogP contribution >= 0.6 is 69.8 Å². The Morgan fingerprint density at radius 1 is 0.794 bits per heavy atom. The Balaban J connectivity index is 1.45. The van der Waals surface area contributed by atoms with E-state index >= 15 is 0 Å². The third-order valence-electron chi connectivity index (χ3n) is 4.52. The summed E-state index contributed by atoms with van der Waals surface area (Å²) < 4.78 is 11.3. The maximum absolute atomic E-state index is 12.8. The number of furan rings is 1. The van der Waals surface area contributed by atoms with Crippen molar-refractivity contribution in [1.29, 1.82) is 0 Å². The molecule has 0 unspecified atom stereocenters. The van der Waals surface area contributed by atoms with Crippen LogP contribution in [-0.4, -0.2) is 5.91 Å². The van der Waals surface area contributed by atoms with Gasteiger partial charge in [0.1, 0.15) is 22.4 Å². The summed E-state index contributed by atoms with van der Waals surface area (Å²) >= 11 is 32.0. The molecule has 0 atom stereocenters. The molecule has 4 nitrogen and oxygen atoms in total. The second-order valence-corrected chi connectivity index (χ2v) is 9.82. The average Bonchev–Trinajstić information content (AvgIpc) is 3.33. The minimum Gasteiger partial charge on any atom is -0.482 e. The molecule has 4 rings (SSSR count). The summed E-state index contributed by atoms with van der Waals surface area (Å²) in [6.07, 6.45) is 0. The number of benzene rings is 3. The van der Waals surface area contributed by atoms with Crippen LogP contribution in [0.1, 0.15) is 16.3 Å². The van der Waals surface area contributed by atoms with E-state index in [-0.39, 0.29) is 43.2 Å². The van der Waals surface area contributed by atoms with Gasteiger partial charge in [-0.15, -0.1) is 0 Å². The van der Waals surface area contributed by atoms with Gasteiger partial charge in [0.25, 0.3) is 5.91 Å². The molecular weight excluding hydrogens is 560 g/mol. The lowest BCUT2D eigenvalue weighted by Gasteiger charge is -2.13. The molecule has 0 spiro atoms. The highest BCUT2D eigenvalue weighted by Crippen LogP contribution is 2.48. The molecule has 1 N–H and O–H groups in total. The van der Waals surface area contributed by atoms with Gasteiger partial charge >= 0.3 is 0 Å². The van der Waals surface area contributed by atoms with Crippen LogP contribution in [0.25, 0.3) is 0 Å². The summed E-state index contributed by atoms with van der Waals surface area (Å²) in [4.78, 5) is 14.8. The molecule has 1 amide bonds. The lowest BCUT2D eigenvalue weighted by atomic mass is 10.3. The summed E-state index contributed by atoms with van der Waals surface area (Å²) in [5, 5.41) is 3.03. The van der Waals surface area contributed by atoms with Crippen molar-refractivity contribution in [2.24, 2.45) is 0 Å². The first-order valence-electron chi connectivity index (χ1n) is 9.71. The van der Waals surface area contributed by atoms with Crippen LogP contribution in [0.5, 0.6) is 5.75 Å². The fraction of sp³-hybridized carbons (Fsp3) is 0.0417. The van der Waals surface area contributed by atoms with Crippen molar-refractivity contribution in [2.75, 3.05) is 5.32 Å². The van der Waals surface area contributed by atoms with E-state index in [1.165, 1.54) is 0 Å². The largest absolute Gasteiger partial charge is 0.482 e. The van der Waals surface area contributed by atoms with E-state index in [1.807, 2.05) is 54.6 Å². The van der Waals surface area contributed by atoms with Crippen molar-refractivity contribution >= 4 is 81.4 Å². The Labute approximate surface area is 225 Å². The van der Waals surface area contributed by atoms with Crippen molar-refractivity contribution < 1.29 is 13.9 Å². The predicted molar refractivity (Wildman–Crippen MR) is 139 cm³/mol. The molecule has 1 aromatic heterocycles. The van der Waals surface area contributed by atoms with Gasteiger partial charge in [-0.3, -0.25) is 4.79 Å². The number of carbonyl (C=O) groups is 1. The van der Waals surface area contributed by atoms with Crippen LogP contribution in [0.3, 0.4) is 0 Å².